The van der Waals surface area contributed by atoms with Gasteiger partial charge in [0.2, 0.25) is 0 Å². The zero-order chi connectivity index (χ0) is 12.6. The number of benzene rings is 1. The second-order valence-electron chi connectivity index (χ2n) is 4.41. The van der Waals surface area contributed by atoms with E-state index in [1.165, 1.54) is 5.56 Å². The number of aliphatic carboxylic acids is 1. The summed E-state index contributed by atoms with van der Waals surface area (Å²) < 4.78 is 2.00. The third-order valence-corrected chi connectivity index (χ3v) is 3.04. The van der Waals surface area contributed by atoms with E-state index in [1.807, 2.05) is 36.7 Å². The molecule has 0 amide bonds. The van der Waals surface area contributed by atoms with Crippen molar-refractivity contribution >= 4 is 16.9 Å². The van der Waals surface area contributed by atoms with E-state index in [9.17, 15) is 4.79 Å². The molecule has 0 radical (unpaired) electrons. The largest absolute Gasteiger partial charge is 0.480 e. The van der Waals surface area contributed by atoms with Crippen molar-refractivity contribution in [3.8, 4) is 0 Å². The fraction of sp³-hybridized carbons (Fsp3) is 0.308. The summed E-state index contributed by atoms with van der Waals surface area (Å²) in [5.74, 6) is -0.966. The Morgan fingerprint density at radius 3 is 2.82 bits per heavy atom. The van der Waals surface area contributed by atoms with E-state index in [0.29, 0.717) is 6.42 Å². The molecule has 4 heteroatoms. The lowest BCUT2D eigenvalue weighted by Crippen LogP contribution is -2.32. The van der Waals surface area contributed by atoms with Gasteiger partial charge in [-0.25, -0.2) is 0 Å². The van der Waals surface area contributed by atoms with Gasteiger partial charge in [-0.15, -0.1) is 0 Å². The lowest BCUT2D eigenvalue weighted by molar-refractivity contribution is -0.138. The van der Waals surface area contributed by atoms with Crippen LogP contribution < -0.4 is 5.73 Å². The van der Waals surface area contributed by atoms with E-state index in [2.05, 4.69) is 6.07 Å². The molecule has 3 N–H and O–H groups in total. The number of carbonyl (C=O) groups is 1. The van der Waals surface area contributed by atoms with Crippen LogP contribution in [0.3, 0.4) is 0 Å². The van der Waals surface area contributed by atoms with Crippen LogP contribution >= 0.6 is 0 Å². The van der Waals surface area contributed by atoms with Crippen LogP contribution in [0.25, 0.3) is 10.9 Å². The number of hydrogen-bond acceptors (Lipinski definition) is 2. The van der Waals surface area contributed by atoms with Gasteiger partial charge in [0.15, 0.2) is 0 Å². The molecule has 17 heavy (non-hydrogen) atoms. The highest BCUT2D eigenvalue weighted by atomic mass is 16.4. The second-order valence-corrected chi connectivity index (χ2v) is 4.41. The van der Waals surface area contributed by atoms with Crippen LogP contribution in [0.5, 0.6) is 0 Å². The molecule has 0 bridgehead atoms. The van der Waals surface area contributed by atoms with Gasteiger partial charge in [-0.1, -0.05) is 11.6 Å². The molecule has 0 spiro atoms. The molecule has 0 aliphatic carbocycles. The molecule has 4 nitrogen and oxygen atoms in total. The van der Waals surface area contributed by atoms with Gasteiger partial charge < -0.3 is 15.4 Å². The number of carboxylic acid groups (broad SMARTS) is 1. The molecule has 1 unspecified atom stereocenters. The van der Waals surface area contributed by atoms with Crippen molar-refractivity contribution in [1.29, 1.82) is 0 Å². The first-order chi connectivity index (χ1) is 7.99. The summed E-state index contributed by atoms with van der Waals surface area (Å²) in [5.41, 5.74) is 8.79. The van der Waals surface area contributed by atoms with Gasteiger partial charge in [-0.2, -0.15) is 0 Å². The van der Waals surface area contributed by atoms with Crippen LogP contribution in [0.4, 0.5) is 0 Å². The molecular formula is C13H16N2O2. The van der Waals surface area contributed by atoms with Crippen molar-refractivity contribution in [1.82, 2.24) is 4.57 Å². The van der Waals surface area contributed by atoms with Gasteiger partial charge in [-0.3, -0.25) is 4.79 Å². The van der Waals surface area contributed by atoms with Crippen LogP contribution in [0.1, 0.15) is 11.3 Å². The first-order valence-corrected chi connectivity index (χ1v) is 5.52. The lowest BCUT2D eigenvalue weighted by Gasteiger charge is -2.07. The number of hydrogen-bond donors (Lipinski definition) is 2. The first-order valence-electron chi connectivity index (χ1n) is 5.52. The molecule has 1 aromatic carbocycles. The summed E-state index contributed by atoms with van der Waals surface area (Å²) in [4.78, 5) is 10.7. The monoisotopic (exact) mass is 232 g/mol. The topological polar surface area (TPSA) is 68.2 Å². The number of aryl methyl sites for hydroxylation is 2. The maximum atomic E-state index is 10.7. The van der Waals surface area contributed by atoms with Crippen molar-refractivity contribution in [3.63, 3.8) is 0 Å². The number of nitrogens with zero attached hydrogens (tertiary/aromatic N) is 1. The molecule has 2 aromatic rings. The number of aromatic nitrogens is 1. The zero-order valence-electron chi connectivity index (χ0n) is 9.97. The predicted octanol–water partition coefficient (Wildman–Crippen LogP) is 1.44. The minimum absolute atomic E-state index is 0.347. The quantitative estimate of drug-likeness (QED) is 0.841. The molecular weight excluding hydrogens is 216 g/mol. The summed E-state index contributed by atoms with van der Waals surface area (Å²) in [6.45, 7) is 2.04. The standard InChI is InChI=1S/C13H16N2O2/c1-8-3-4-12-9(5-8)6-10(15(12)2)7-11(14)13(16)17/h3-6,11H,7,14H2,1-2H3,(H,16,17). The Morgan fingerprint density at radius 1 is 1.47 bits per heavy atom. The third-order valence-electron chi connectivity index (χ3n) is 3.04. The summed E-state index contributed by atoms with van der Waals surface area (Å²) in [7, 11) is 1.93. The number of nitrogens with two attached hydrogens (primary N) is 1. The Labute approximate surface area is 99.7 Å². The Morgan fingerprint density at radius 2 is 2.18 bits per heavy atom. The van der Waals surface area contributed by atoms with Crippen molar-refractivity contribution in [3.05, 3.63) is 35.5 Å². The minimum Gasteiger partial charge on any atom is -0.480 e. The summed E-state index contributed by atoms with van der Waals surface area (Å²) in [6, 6.07) is 7.33. The Bertz CT molecular complexity index is 572. The van der Waals surface area contributed by atoms with E-state index >= 15 is 0 Å². The van der Waals surface area contributed by atoms with Gasteiger partial charge in [0.05, 0.1) is 0 Å². The van der Waals surface area contributed by atoms with Gasteiger partial charge in [-0.05, 0) is 25.1 Å². The lowest BCUT2D eigenvalue weighted by atomic mass is 10.1. The summed E-state index contributed by atoms with van der Waals surface area (Å²) >= 11 is 0. The highest BCUT2D eigenvalue weighted by Crippen LogP contribution is 2.20. The van der Waals surface area contributed by atoms with Crippen LogP contribution in [0.2, 0.25) is 0 Å². The van der Waals surface area contributed by atoms with Crippen LogP contribution in [0.15, 0.2) is 24.3 Å². The minimum atomic E-state index is -0.966. The van der Waals surface area contributed by atoms with E-state index in [-0.39, 0.29) is 0 Å². The number of carboxylic acids is 1. The highest BCUT2D eigenvalue weighted by Gasteiger charge is 2.15. The molecule has 0 saturated heterocycles. The normalized spacial score (nSPS) is 12.9. The molecule has 90 valence electrons. The van der Waals surface area contributed by atoms with E-state index in [0.717, 1.165) is 16.6 Å². The Balaban J connectivity index is 2.42. The van der Waals surface area contributed by atoms with Crippen molar-refractivity contribution in [2.45, 2.75) is 19.4 Å². The predicted molar refractivity (Wildman–Crippen MR) is 67.0 cm³/mol. The van der Waals surface area contributed by atoms with E-state index in [1.54, 1.807) is 0 Å². The SMILES string of the molecule is Cc1ccc2c(c1)cc(CC(N)C(=O)O)n2C. The molecule has 1 aromatic heterocycles. The molecule has 0 fully saturated rings. The van der Waals surface area contributed by atoms with Crippen molar-refractivity contribution in [2.24, 2.45) is 12.8 Å². The fourth-order valence-corrected chi connectivity index (χ4v) is 2.03. The van der Waals surface area contributed by atoms with Gasteiger partial charge >= 0.3 is 5.97 Å². The van der Waals surface area contributed by atoms with Crippen LogP contribution in [0, 0.1) is 6.92 Å². The zero-order valence-corrected chi connectivity index (χ0v) is 9.97. The summed E-state index contributed by atoms with van der Waals surface area (Å²) in [5, 5.41) is 9.94. The van der Waals surface area contributed by atoms with Crippen LogP contribution in [-0.2, 0) is 18.3 Å². The van der Waals surface area contributed by atoms with Crippen molar-refractivity contribution in [2.75, 3.05) is 0 Å². The molecule has 0 aliphatic rings. The molecule has 0 saturated carbocycles. The average molecular weight is 232 g/mol. The van der Waals surface area contributed by atoms with Gasteiger partial charge in [0, 0.05) is 30.1 Å². The maximum absolute atomic E-state index is 10.7. The fourth-order valence-electron chi connectivity index (χ4n) is 2.03. The first kappa shape index (κ1) is 11.7. The van der Waals surface area contributed by atoms with Crippen LogP contribution in [-0.4, -0.2) is 21.7 Å². The number of fused-ring (bicyclic) bond motifs is 1. The Hall–Kier alpha value is -1.81. The Kier molecular flexibility index (Phi) is 2.90. The number of rotatable bonds is 3. The smallest absolute Gasteiger partial charge is 0.320 e. The maximum Gasteiger partial charge on any atom is 0.320 e. The average Bonchev–Trinajstić information content (AvgIpc) is 2.55. The van der Waals surface area contributed by atoms with Crippen molar-refractivity contribution < 1.29 is 9.90 Å². The molecule has 1 atom stereocenters. The molecule has 0 aliphatic heterocycles. The highest BCUT2D eigenvalue weighted by molar-refractivity contribution is 5.82. The summed E-state index contributed by atoms with van der Waals surface area (Å²) in [6.07, 6.45) is 0.347. The van der Waals surface area contributed by atoms with E-state index < -0.39 is 12.0 Å². The second kappa shape index (κ2) is 4.22. The molecule has 1 heterocycles. The third kappa shape index (κ3) is 2.17. The van der Waals surface area contributed by atoms with E-state index in [4.69, 9.17) is 10.8 Å². The van der Waals surface area contributed by atoms with Gasteiger partial charge in [0.25, 0.3) is 0 Å². The molecule has 2 rings (SSSR count). The van der Waals surface area contributed by atoms with Gasteiger partial charge in [0.1, 0.15) is 6.04 Å².